The Morgan fingerprint density at radius 3 is 2.11 bits per heavy atom. The Labute approximate surface area is 430 Å². The number of anilines is 4. The lowest BCUT2D eigenvalue weighted by Gasteiger charge is -2.28. The van der Waals surface area contributed by atoms with Crippen molar-refractivity contribution in [3.8, 4) is 50.7 Å². The molecule has 1 aliphatic heterocycles. The summed E-state index contributed by atoms with van der Waals surface area (Å²) < 4.78 is 114. The average Bonchev–Trinajstić information content (AvgIpc) is 2.14. The first-order valence-electron chi connectivity index (χ1n) is 29.6. The number of aryl methyl sites for hydroxylation is 2. The molecule has 5 nitrogen and oxygen atoms in total. The molecule has 0 bridgehead atoms. The summed E-state index contributed by atoms with van der Waals surface area (Å²) in [5.41, 5.74) is 8.06. The lowest BCUT2D eigenvalue weighted by Crippen LogP contribution is -2.25. The van der Waals surface area contributed by atoms with E-state index in [0.29, 0.717) is 72.6 Å². The molecule has 0 saturated heterocycles. The van der Waals surface area contributed by atoms with Crippen LogP contribution in [-0.2, 0) is 11.8 Å². The van der Waals surface area contributed by atoms with Crippen LogP contribution in [0.15, 0.2) is 194 Å². The third-order valence-electron chi connectivity index (χ3n) is 12.9. The van der Waals surface area contributed by atoms with Crippen LogP contribution in [-0.4, -0.2) is 16.2 Å². The lowest BCUT2D eigenvalue weighted by molar-refractivity contribution is 0.411. The Morgan fingerprint density at radius 2 is 1.31 bits per heavy atom. The number of aromatic nitrogens is 2. The maximum Gasteiger partial charge on any atom is 0.137 e. The number of fused-ring (bicyclic) bond motifs is 4. The normalized spacial score (nSPS) is 15.9. The van der Waals surface area contributed by atoms with Gasteiger partial charge in [0.1, 0.15) is 24.0 Å². The predicted octanol–water partition coefficient (Wildman–Crippen LogP) is 17.7. The van der Waals surface area contributed by atoms with E-state index in [4.69, 9.17) is 23.4 Å². The largest absolute Gasteiger partial charge is 0.457 e. The van der Waals surface area contributed by atoms with E-state index in [9.17, 15) is 2.74 Å². The second-order valence-electron chi connectivity index (χ2n) is 19.9. The van der Waals surface area contributed by atoms with Crippen LogP contribution in [0.5, 0.6) is 11.5 Å². The molecule has 0 radical (unpaired) electrons. The molecular formula is C65H60N4O. The Kier molecular flexibility index (Phi) is 8.23. The van der Waals surface area contributed by atoms with Crippen molar-refractivity contribution in [2.75, 3.05) is 16.5 Å². The molecule has 346 valence electrons. The summed E-state index contributed by atoms with van der Waals surface area (Å²) in [6.07, 6.45) is 0.0710. The molecule has 0 fully saturated rings. The van der Waals surface area contributed by atoms with Gasteiger partial charge in [0.2, 0.25) is 0 Å². The first-order valence-corrected chi connectivity index (χ1v) is 23.6. The van der Waals surface area contributed by atoms with Gasteiger partial charge in [-0.3, -0.25) is 4.57 Å². The summed E-state index contributed by atoms with van der Waals surface area (Å²) in [7, 11) is 0. The molecule has 1 aliphatic rings. The fourth-order valence-corrected chi connectivity index (χ4v) is 9.60. The van der Waals surface area contributed by atoms with E-state index in [1.54, 1.807) is 65.4 Å². The summed E-state index contributed by atoms with van der Waals surface area (Å²) in [5, 5.41) is 0.985. The van der Waals surface area contributed by atoms with Gasteiger partial charge in [0.15, 0.2) is 0 Å². The highest BCUT2D eigenvalue weighted by atomic mass is 16.5. The molecule has 3 heterocycles. The SMILES string of the molecule is [2H]c1c([2H])c([2H])c2c(c1[2H])c1ccc(Oc3cccc(N4CN(c5c(-c6cccc(C([2H])([2H])C(C)(C)C)c6)cccc5-c5ccc(-c6ccccc6C([2H])([2H])[2H])cc5C([2H])([2H])[2H])c5ccccc54)c3)cc1n2-c1ccc(C(C)(C)C)cn1. The molecule has 0 spiro atoms. The van der Waals surface area contributed by atoms with Crippen molar-refractivity contribution in [3.63, 3.8) is 0 Å². The van der Waals surface area contributed by atoms with E-state index < -0.39 is 25.5 Å². The first kappa shape index (κ1) is 32.8. The molecule has 11 rings (SSSR count). The van der Waals surface area contributed by atoms with Crippen molar-refractivity contribution in [3.05, 3.63) is 216 Å². The highest BCUT2D eigenvalue weighted by Crippen LogP contribution is 2.51. The molecule has 70 heavy (non-hydrogen) atoms. The molecule has 0 atom stereocenters. The van der Waals surface area contributed by atoms with Crippen molar-refractivity contribution in [1.29, 1.82) is 0 Å². The van der Waals surface area contributed by atoms with Gasteiger partial charge in [0.25, 0.3) is 0 Å². The zero-order valence-corrected chi connectivity index (χ0v) is 40.1. The summed E-state index contributed by atoms with van der Waals surface area (Å²) in [4.78, 5) is 9.14. The number of nitrogens with zero attached hydrogens (tertiary/aromatic N) is 4. The van der Waals surface area contributed by atoms with Crippen molar-refractivity contribution >= 4 is 44.6 Å². The van der Waals surface area contributed by atoms with Gasteiger partial charge in [-0.25, -0.2) is 4.98 Å². The molecular weight excluding hydrogens is 853 g/mol. The van der Waals surface area contributed by atoms with Crippen molar-refractivity contribution < 1.29 is 21.2 Å². The maximum atomic E-state index is 9.29. The lowest BCUT2D eigenvalue weighted by atomic mass is 9.86. The van der Waals surface area contributed by atoms with E-state index >= 15 is 0 Å². The number of ether oxygens (including phenoxy) is 1. The quantitative estimate of drug-likeness (QED) is 0.144. The first-order chi connectivity index (χ1) is 38.6. The van der Waals surface area contributed by atoms with Crippen LogP contribution in [0.1, 0.15) is 80.2 Å². The predicted molar refractivity (Wildman–Crippen MR) is 295 cm³/mol. The third kappa shape index (κ3) is 8.40. The van der Waals surface area contributed by atoms with Crippen molar-refractivity contribution in [2.45, 2.75) is 67.0 Å². The number of hydrogen-bond acceptors (Lipinski definition) is 4. The van der Waals surface area contributed by atoms with Gasteiger partial charge in [-0.1, -0.05) is 169 Å². The Balaban J connectivity index is 1.04. The fraction of sp³-hybridized carbons (Fsp3) is 0.185. The monoisotopic (exact) mass is 925 g/mol. The molecule has 8 aromatic carbocycles. The maximum absolute atomic E-state index is 9.29. The van der Waals surface area contributed by atoms with Crippen molar-refractivity contribution in [1.82, 2.24) is 9.55 Å². The van der Waals surface area contributed by atoms with Gasteiger partial charge >= 0.3 is 0 Å². The van der Waals surface area contributed by atoms with Crippen LogP contribution < -0.4 is 14.5 Å². The molecule has 10 aromatic rings. The highest BCUT2D eigenvalue weighted by Gasteiger charge is 2.32. The number of benzene rings is 8. The molecule has 2 aromatic heterocycles. The van der Waals surface area contributed by atoms with Crippen LogP contribution in [0.3, 0.4) is 0 Å². The van der Waals surface area contributed by atoms with Crippen molar-refractivity contribution in [2.24, 2.45) is 5.41 Å². The van der Waals surface area contributed by atoms with Gasteiger partial charge < -0.3 is 14.5 Å². The minimum absolute atomic E-state index is 0.0338. The second kappa shape index (κ2) is 17.6. The summed E-state index contributed by atoms with van der Waals surface area (Å²) in [5.74, 6) is 1.44. The summed E-state index contributed by atoms with van der Waals surface area (Å²) >= 11 is 0. The number of rotatable bonds is 9. The summed E-state index contributed by atoms with van der Waals surface area (Å²) in [6.45, 7) is 7.05. The standard InChI is InChI=1S/C65H60N4O/c1-43-18-9-10-23-52(43)47-30-33-53(44(2)36-47)57-26-17-25-54(46-20-15-19-45(37-46)40-64(3,4)5)63(57)68-42-67(59-28-13-14-29-60(59)68)49-21-16-22-50(38-49)70-51-32-34-56-55-24-11-12-27-58(55)69(61(56)39-51)62-35-31-48(41-66-62)65(6,7)8/h9-39,41H,40,42H2,1-8H3/i1D3,2D3,11D,12D,24D,27D,40D2. The topological polar surface area (TPSA) is 33.5 Å². The van der Waals surface area contributed by atoms with E-state index in [2.05, 4.69) is 30.6 Å². The highest BCUT2D eigenvalue weighted by molar-refractivity contribution is 6.09. The summed E-state index contributed by atoms with van der Waals surface area (Å²) in [6, 6.07) is 48.9. The third-order valence-corrected chi connectivity index (χ3v) is 12.9. The Hall–Kier alpha value is -7.89. The molecule has 5 heteroatoms. The minimum Gasteiger partial charge on any atom is -0.457 e. The minimum atomic E-state index is -2.65. The smallest absolute Gasteiger partial charge is 0.137 e. The van der Waals surface area contributed by atoms with Gasteiger partial charge in [-0.2, -0.15) is 0 Å². The number of hydrogen-bond donors (Lipinski definition) is 0. The van der Waals surface area contributed by atoms with E-state index in [0.717, 1.165) is 33.8 Å². The van der Waals surface area contributed by atoms with E-state index in [1.165, 1.54) is 0 Å². The molecule has 0 aliphatic carbocycles. The van der Waals surface area contributed by atoms with Gasteiger partial charge in [0.05, 0.1) is 33.6 Å². The van der Waals surface area contributed by atoms with Crippen LogP contribution in [0.4, 0.5) is 22.7 Å². The Morgan fingerprint density at radius 1 is 0.586 bits per heavy atom. The molecule has 0 unspecified atom stereocenters. The molecule has 0 saturated carbocycles. The molecule has 0 amide bonds. The van der Waals surface area contributed by atoms with Gasteiger partial charge in [-0.05, 0) is 124 Å². The number of pyridine rings is 1. The zero-order valence-electron chi connectivity index (χ0n) is 52.1. The van der Waals surface area contributed by atoms with Crippen LogP contribution in [0.25, 0.3) is 61.0 Å². The van der Waals surface area contributed by atoms with Gasteiger partial charge in [-0.15, -0.1) is 0 Å². The molecule has 0 N–H and O–H groups in total. The average molecular weight is 925 g/mol. The van der Waals surface area contributed by atoms with E-state index in [-0.39, 0.29) is 47.4 Å². The number of para-hydroxylation sites is 4. The van der Waals surface area contributed by atoms with Crippen LogP contribution in [0.2, 0.25) is 0 Å². The zero-order chi connectivity index (χ0) is 58.6. The second-order valence-corrected chi connectivity index (χ2v) is 19.9. The Bertz CT molecular complexity index is 4150. The van der Waals surface area contributed by atoms with Crippen LogP contribution in [0, 0.1) is 19.1 Å². The van der Waals surface area contributed by atoms with Crippen LogP contribution >= 0.6 is 0 Å². The fourth-order valence-electron chi connectivity index (χ4n) is 9.60. The van der Waals surface area contributed by atoms with E-state index in [1.807, 2.05) is 130 Å². The van der Waals surface area contributed by atoms with Gasteiger partial charge in [0, 0.05) is 56.9 Å².